The summed E-state index contributed by atoms with van der Waals surface area (Å²) in [5.74, 6) is -0.149. The van der Waals surface area contributed by atoms with Crippen LogP contribution in [0.1, 0.15) is 27.2 Å². The van der Waals surface area contributed by atoms with E-state index in [0.717, 1.165) is 24.1 Å². The molecule has 1 aliphatic rings. The fourth-order valence-corrected chi connectivity index (χ4v) is 5.87. The summed E-state index contributed by atoms with van der Waals surface area (Å²) in [4.78, 5) is 2.26. The molecule has 0 spiro atoms. The van der Waals surface area contributed by atoms with Crippen LogP contribution in [0.25, 0.3) is 11.1 Å². The van der Waals surface area contributed by atoms with Gasteiger partial charge in [-0.3, -0.25) is 0 Å². The van der Waals surface area contributed by atoms with E-state index in [1.165, 1.54) is 16.4 Å². The molecule has 32 heavy (non-hydrogen) atoms. The van der Waals surface area contributed by atoms with Gasteiger partial charge >= 0.3 is 0 Å². The number of fused-ring (bicyclic) bond motifs is 1. The zero-order valence-electron chi connectivity index (χ0n) is 19.2. The summed E-state index contributed by atoms with van der Waals surface area (Å²) in [6.07, 6.45) is 0.767. The number of aliphatic hydroxyl groups is 1. The van der Waals surface area contributed by atoms with Gasteiger partial charge in [-0.05, 0) is 62.3 Å². The van der Waals surface area contributed by atoms with Gasteiger partial charge in [0.1, 0.15) is 22.6 Å². The lowest BCUT2D eigenvalue weighted by Crippen LogP contribution is -2.49. The zero-order valence-corrected chi connectivity index (χ0v) is 20.0. The van der Waals surface area contributed by atoms with E-state index >= 15 is 0 Å². The average molecular weight is 465 g/mol. The molecule has 6 nitrogen and oxygen atoms in total. The molecule has 8 heteroatoms. The van der Waals surface area contributed by atoms with Crippen molar-refractivity contribution in [1.29, 1.82) is 0 Å². The van der Waals surface area contributed by atoms with Gasteiger partial charge in [0, 0.05) is 25.0 Å². The molecule has 3 atom stereocenters. The summed E-state index contributed by atoms with van der Waals surface area (Å²) >= 11 is 0. The predicted octanol–water partition coefficient (Wildman–Crippen LogP) is 3.60. The van der Waals surface area contributed by atoms with Crippen LogP contribution in [0.2, 0.25) is 0 Å². The molecule has 0 aromatic heterocycles. The van der Waals surface area contributed by atoms with Crippen molar-refractivity contribution in [3.8, 4) is 16.9 Å². The van der Waals surface area contributed by atoms with Crippen molar-refractivity contribution >= 4 is 10.0 Å². The number of hydrogen-bond donors (Lipinski definition) is 1. The standard InChI is InChI=1S/C24H33FN2O4S/c1-5-12-26(4)15-23-17(2)14-27(18(3)16-28)32(29,30)24-11-8-20(13-22(24)31-23)19-6-9-21(25)10-7-19/h6-11,13,17-18,23,28H,5,12,14-16H2,1-4H3/t17-,18-,23-/m1/s1. The van der Waals surface area contributed by atoms with Gasteiger partial charge in [-0.1, -0.05) is 32.0 Å². The normalized spacial score (nSPS) is 22.0. The lowest BCUT2D eigenvalue weighted by atomic mass is 10.0. The molecule has 1 aliphatic heterocycles. The van der Waals surface area contributed by atoms with Crippen molar-refractivity contribution in [2.75, 3.05) is 33.3 Å². The highest BCUT2D eigenvalue weighted by atomic mass is 32.2. The summed E-state index contributed by atoms with van der Waals surface area (Å²) < 4.78 is 48.2. The maximum atomic E-state index is 13.5. The molecule has 0 saturated heterocycles. The molecule has 2 aromatic carbocycles. The summed E-state index contributed by atoms with van der Waals surface area (Å²) in [7, 11) is -1.85. The molecule has 1 N–H and O–H groups in total. The summed E-state index contributed by atoms with van der Waals surface area (Å²) in [5.41, 5.74) is 1.51. The van der Waals surface area contributed by atoms with E-state index in [0.29, 0.717) is 6.54 Å². The van der Waals surface area contributed by atoms with E-state index < -0.39 is 16.1 Å². The Labute approximate surface area is 190 Å². The van der Waals surface area contributed by atoms with Crippen molar-refractivity contribution in [2.24, 2.45) is 5.92 Å². The molecule has 0 amide bonds. The van der Waals surface area contributed by atoms with Crippen LogP contribution in [0.5, 0.6) is 5.75 Å². The topological polar surface area (TPSA) is 70.1 Å². The molecule has 0 fully saturated rings. The zero-order chi connectivity index (χ0) is 23.5. The number of benzene rings is 2. The number of hydrogen-bond acceptors (Lipinski definition) is 5. The Hall–Kier alpha value is -2.00. The number of sulfonamides is 1. The van der Waals surface area contributed by atoms with Crippen molar-refractivity contribution in [2.45, 2.75) is 44.2 Å². The summed E-state index contributed by atoms with van der Waals surface area (Å²) in [5, 5.41) is 9.74. The number of likely N-dealkylation sites (N-methyl/N-ethyl adjacent to an activating group) is 1. The number of halogens is 1. The highest BCUT2D eigenvalue weighted by Gasteiger charge is 2.38. The quantitative estimate of drug-likeness (QED) is 0.678. The highest BCUT2D eigenvalue weighted by molar-refractivity contribution is 7.89. The van der Waals surface area contributed by atoms with Gasteiger partial charge in [0.25, 0.3) is 0 Å². The van der Waals surface area contributed by atoms with Crippen LogP contribution in [-0.2, 0) is 10.0 Å². The van der Waals surface area contributed by atoms with Crippen molar-refractivity contribution in [3.05, 3.63) is 48.3 Å². The smallest absolute Gasteiger partial charge is 0.247 e. The molecule has 0 aliphatic carbocycles. The third-order valence-corrected chi connectivity index (χ3v) is 7.96. The Bertz CT molecular complexity index is 1010. The van der Waals surface area contributed by atoms with E-state index in [2.05, 4.69) is 11.8 Å². The fourth-order valence-electron chi connectivity index (χ4n) is 4.05. The second-order valence-electron chi connectivity index (χ2n) is 8.67. The van der Waals surface area contributed by atoms with Crippen LogP contribution in [-0.4, -0.2) is 68.2 Å². The molecule has 1 heterocycles. The van der Waals surface area contributed by atoms with E-state index in [1.54, 1.807) is 37.3 Å². The molecule has 0 radical (unpaired) electrons. The summed E-state index contributed by atoms with van der Waals surface area (Å²) in [6.45, 7) is 7.34. The number of rotatable bonds is 7. The summed E-state index contributed by atoms with van der Waals surface area (Å²) in [6, 6.07) is 10.5. The average Bonchev–Trinajstić information content (AvgIpc) is 2.76. The number of nitrogens with zero attached hydrogens (tertiary/aromatic N) is 2. The van der Waals surface area contributed by atoms with Crippen LogP contribution in [0.3, 0.4) is 0 Å². The van der Waals surface area contributed by atoms with Crippen LogP contribution in [0.4, 0.5) is 4.39 Å². The SMILES string of the molecule is CCCN(C)C[C@H]1Oc2cc(-c3ccc(F)cc3)ccc2S(=O)(=O)N([C@H](C)CO)C[C@H]1C. The van der Waals surface area contributed by atoms with E-state index in [-0.39, 0.29) is 41.6 Å². The molecule has 2 aromatic rings. The molecular formula is C24H33FN2O4S. The Morgan fingerprint density at radius 2 is 1.88 bits per heavy atom. The minimum absolute atomic E-state index is 0.0821. The second-order valence-corrected chi connectivity index (χ2v) is 10.5. The Morgan fingerprint density at radius 3 is 2.50 bits per heavy atom. The lowest BCUT2D eigenvalue weighted by molar-refractivity contribution is 0.0753. The Kier molecular flexibility index (Phi) is 7.92. The van der Waals surface area contributed by atoms with Crippen molar-refractivity contribution in [3.63, 3.8) is 0 Å². The maximum Gasteiger partial charge on any atom is 0.247 e. The fraction of sp³-hybridized carbons (Fsp3) is 0.500. The van der Waals surface area contributed by atoms with E-state index in [9.17, 15) is 17.9 Å². The van der Waals surface area contributed by atoms with Gasteiger partial charge in [0.2, 0.25) is 10.0 Å². The first kappa shape index (κ1) is 24.6. The molecule has 3 rings (SSSR count). The van der Waals surface area contributed by atoms with Crippen molar-refractivity contribution in [1.82, 2.24) is 9.21 Å². The van der Waals surface area contributed by atoms with Crippen molar-refractivity contribution < 1.29 is 22.7 Å². The highest BCUT2D eigenvalue weighted by Crippen LogP contribution is 2.36. The van der Waals surface area contributed by atoms with Gasteiger partial charge in [0.15, 0.2) is 0 Å². The molecular weight excluding hydrogens is 431 g/mol. The minimum Gasteiger partial charge on any atom is -0.487 e. The van der Waals surface area contributed by atoms with Gasteiger partial charge in [-0.25, -0.2) is 12.8 Å². The number of aliphatic hydroxyl groups excluding tert-OH is 1. The molecule has 0 saturated carbocycles. The third kappa shape index (κ3) is 5.31. The van der Waals surface area contributed by atoms with Crippen LogP contribution in [0, 0.1) is 11.7 Å². The first-order chi connectivity index (χ1) is 15.2. The Balaban J connectivity index is 2.10. The Morgan fingerprint density at radius 1 is 1.22 bits per heavy atom. The van der Waals surface area contributed by atoms with Gasteiger partial charge < -0.3 is 14.7 Å². The van der Waals surface area contributed by atoms with Gasteiger partial charge in [-0.2, -0.15) is 4.31 Å². The van der Waals surface area contributed by atoms with E-state index in [4.69, 9.17) is 4.74 Å². The maximum absolute atomic E-state index is 13.5. The minimum atomic E-state index is -3.88. The largest absolute Gasteiger partial charge is 0.487 e. The molecule has 0 bridgehead atoms. The third-order valence-electron chi connectivity index (χ3n) is 5.94. The predicted molar refractivity (Wildman–Crippen MR) is 124 cm³/mol. The molecule has 0 unspecified atom stereocenters. The number of ether oxygens (including phenoxy) is 1. The van der Waals surface area contributed by atoms with Gasteiger partial charge in [0.05, 0.1) is 6.61 Å². The van der Waals surface area contributed by atoms with E-state index in [1.807, 2.05) is 14.0 Å². The monoisotopic (exact) mass is 464 g/mol. The second kappa shape index (κ2) is 10.3. The van der Waals surface area contributed by atoms with Crippen LogP contribution < -0.4 is 4.74 Å². The molecule has 176 valence electrons. The lowest BCUT2D eigenvalue weighted by Gasteiger charge is -2.37. The van der Waals surface area contributed by atoms with Crippen LogP contribution >= 0.6 is 0 Å². The first-order valence-corrected chi connectivity index (χ1v) is 12.5. The van der Waals surface area contributed by atoms with Crippen LogP contribution in [0.15, 0.2) is 47.4 Å². The first-order valence-electron chi connectivity index (χ1n) is 11.0. The van der Waals surface area contributed by atoms with Gasteiger partial charge in [-0.15, -0.1) is 0 Å².